The molecule has 0 unspecified atom stereocenters. The minimum Gasteiger partial charge on any atom is -0.444 e. The van der Waals surface area contributed by atoms with Gasteiger partial charge in [0.2, 0.25) is 17.7 Å². The zero-order chi connectivity index (χ0) is 38.5. The molecule has 13 heteroatoms. The number of hydrogen-bond donors (Lipinski definition) is 6. The molecule has 0 spiro atoms. The second-order valence-electron chi connectivity index (χ2n) is 13.1. The zero-order valence-electron chi connectivity index (χ0n) is 31.3. The Morgan fingerprint density at radius 1 is 0.725 bits per heavy atom. The van der Waals surface area contributed by atoms with Gasteiger partial charge >= 0.3 is 6.09 Å². The summed E-state index contributed by atoms with van der Waals surface area (Å²) in [5, 5.41) is 26.6. The molecule has 0 saturated heterocycles. The van der Waals surface area contributed by atoms with Crippen molar-refractivity contribution in [1.82, 2.24) is 16.0 Å². The van der Waals surface area contributed by atoms with Gasteiger partial charge in [-0.05, 0) is 79.6 Å². The van der Waals surface area contributed by atoms with E-state index in [2.05, 4.69) is 83.6 Å². The first kappa shape index (κ1) is 47.7. The van der Waals surface area contributed by atoms with Crippen molar-refractivity contribution in [2.75, 3.05) is 19.0 Å². The lowest BCUT2D eigenvalue weighted by Crippen LogP contribution is -2.59. The van der Waals surface area contributed by atoms with Gasteiger partial charge in [0.05, 0.1) is 24.0 Å². The lowest BCUT2D eigenvalue weighted by Gasteiger charge is -2.34. The first-order chi connectivity index (χ1) is 24.2. The van der Waals surface area contributed by atoms with Crippen LogP contribution in [-0.2, 0) is 19.1 Å². The molecule has 7 N–H and O–H groups in total. The van der Waals surface area contributed by atoms with Gasteiger partial charge in [-0.3, -0.25) is 14.4 Å². The quantitative estimate of drug-likeness (QED) is 0.0460. The summed E-state index contributed by atoms with van der Waals surface area (Å²) in [5.74, 6) is -1.53. The highest BCUT2D eigenvalue weighted by Crippen LogP contribution is 2.38. The summed E-state index contributed by atoms with van der Waals surface area (Å²) < 4.78 is 4.35. The molecule has 11 nitrogen and oxygen atoms in total. The van der Waals surface area contributed by atoms with Crippen molar-refractivity contribution in [3.63, 3.8) is 0 Å². The number of carbonyl (C=O) groups is 4. The molecule has 0 aromatic heterocycles. The average Bonchev–Trinajstić information content (AvgIpc) is 3.05. The summed E-state index contributed by atoms with van der Waals surface area (Å²) in [6.07, 6.45) is 30.8. The van der Waals surface area contributed by atoms with Crippen LogP contribution in [0.2, 0.25) is 0 Å². The lowest BCUT2D eigenvalue weighted by molar-refractivity contribution is -0.126. The molecule has 0 fully saturated rings. The van der Waals surface area contributed by atoms with E-state index in [4.69, 9.17) is 10.5 Å². The van der Waals surface area contributed by atoms with Crippen LogP contribution in [0.4, 0.5) is 4.79 Å². The van der Waals surface area contributed by atoms with E-state index >= 15 is 0 Å². The molecule has 0 heterocycles. The molecule has 0 rings (SSSR count). The topological polar surface area (TPSA) is 180 Å². The van der Waals surface area contributed by atoms with E-state index in [0.717, 1.165) is 38.5 Å². The molecule has 0 saturated carbocycles. The van der Waals surface area contributed by atoms with E-state index in [9.17, 15) is 29.4 Å². The Labute approximate surface area is 313 Å². The SMILES string of the molecule is CC/C=C\C/C=C\C/C=C\C/C=C\C/C=C\C/C=C\CCC(=O)N[C@@H](CSSC(C)(C)[C@H](NC(=O)OC(C)(C)C)C(=O)NC(CO)CO)C(N)=O. The molecule has 0 aliphatic rings. The van der Waals surface area contributed by atoms with E-state index in [1.165, 1.54) is 21.6 Å². The molecular weight excluding hydrogens is 689 g/mol. The number of carbonyl (C=O) groups excluding carboxylic acids is 4. The summed E-state index contributed by atoms with van der Waals surface area (Å²) in [5.41, 5.74) is 4.75. The van der Waals surface area contributed by atoms with Crippen molar-refractivity contribution in [2.45, 2.75) is 121 Å². The number of ether oxygens (including phenoxy) is 1. The van der Waals surface area contributed by atoms with Gasteiger partial charge in [0, 0.05) is 12.2 Å². The van der Waals surface area contributed by atoms with E-state index in [1.807, 2.05) is 12.2 Å². The van der Waals surface area contributed by atoms with Gasteiger partial charge in [-0.15, -0.1) is 0 Å². The number of allylic oxidation sites excluding steroid dienone is 12. The van der Waals surface area contributed by atoms with Crippen LogP contribution in [0.3, 0.4) is 0 Å². The third kappa shape index (κ3) is 26.2. The average molecular weight is 751 g/mol. The van der Waals surface area contributed by atoms with Crippen molar-refractivity contribution in [1.29, 1.82) is 0 Å². The fourth-order valence-electron chi connectivity index (χ4n) is 4.03. The number of rotatable bonds is 26. The monoisotopic (exact) mass is 750 g/mol. The molecule has 0 aromatic carbocycles. The molecule has 51 heavy (non-hydrogen) atoms. The third-order valence-electron chi connectivity index (χ3n) is 6.73. The predicted octanol–water partition coefficient (Wildman–Crippen LogP) is 5.96. The molecule has 4 amide bonds. The van der Waals surface area contributed by atoms with Gasteiger partial charge in [0.15, 0.2) is 0 Å². The molecule has 0 aliphatic heterocycles. The van der Waals surface area contributed by atoms with Crippen LogP contribution in [-0.4, -0.2) is 81.5 Å². The first-order valence-corrected chi connectivity index (χ1v) is 19.8. The minimum atomic E-state index is -1.14. The van der Waals surface area contributed by atoms with Crippen LogP contribution in [0.5, 0.6) is 0 Å². The number of nitrogens with one attached hydrogen (secondary N) is 3. The van der Waals surface area contributed by atoms with Gasteiger partial charge in [0.1, 0.15) is 17.7 Å². The molecule has 0 aromatic rings. The lowest BCUT2D eigenvalue weighted by atomic mass is 10.0. The number of amides is 4. The van der Waals surface area contributed by atoms with E-state index in [-0.39, 0.29) is 18.1 Å². The van der Waals surface area contributed by atoms with Gasteiger partial charge < -0.3 is 36.6 Å². The first-order valence-electron chi connectivity index (χ1n) is 17.5. The highest BCUT2D eigenvalue weighted by Gasteiger charge is 2.39. The Balaban J connectivity index is 4.72. The van der Waals surface area contributed by atoms with Gasteiger partial charge in [-0.25, -0.2) is 4.79 Å². The van der Waals surface area contributed by atoms with Crippen molar-refractivity contribution >= 4 is 45.4 Å². The van der Waals surface area contributed by atoms with Crippen LogP contribution >= 0.6 is 21.6 Å². The van der Waals surface area contributed by atoms with Crippen LogP contribution in [0, 0.1) is 0 Å². The number of alkyl carbamates (subject to hydrolysis) is 1. The largest absolute Gasteiger partial charge is 0.444 e. The Hall–Kier alpha value is -3.26. The maximum Gasteiger partial charge on any atom is 0.408 e. The Bertz CT molecular complexity index is 1200. The van der Waals surface area contributed by atoms with Gasteiger partial charge in [0.25, 0.3) is 0 Å². The second-order valence-corrected chi connectivity index (χ2v) is 16.1. The zero-order valence-corrected chi connectivity index (χ0v) is 32.9. The summed E-state index contributed by atoms with van der Waals surface area (Å²) >= 11 is 0. The highest BCUT2D eigenvalue weighted by atomic mass is 33.1. The van der Waals surface area contributed by atoms with E-state index in [1.54, 1.807) is 34.6 Å². The van der Waals surface area contributed by atoms with Crippen LogP contribution in [0.1, 0.15) is 92.9 Å². The maximum atomic E-state index is 13.1. The summed E-state index contributed by atoms with van der Waals surface area (Å²) in [6.45, 7) is 9.62. The Morgan fingerprint density at radius 3 is 1.63 bits per heavy atom. The van der Waals surface area contributed by atoms with E-state index in [0.29, 0.717) is 6.42 Å². The molecule has 0 radical (unpaired) electrons. The molecule has 2 atom stereocenters. The maximum absolute atomic E-state index is 13.1. The van der Waals surface area contributed by atoms with Crippen molar-refractivity contribution in [2.24, 2.45) is 5.73 Å². The number of primary amides is 1. The van der Waals surface area contributed by atoms with Crippen LogP contribution in [0.25, 0.3) is 0 Å². The Morgan fingerprint density at radius 2 is 1.20 bits per heavy atom. The van der Waals surface area contributed by atoms with Gasteiger partial charge in [-0.1, -0.05) is 101 Å². The third-order valence-corrected chi connectivity index (χ3v) is 10.0. The normalized spacial score (nSPS) is 14.1. The number of aliphatic hydroxyl groups is 2. The number of nitrogens with two attached hydrogens (primary N) is 1. The van der Waals surface area contributed by atoms with Gasteiger partial charge in [-0.2, -0.15) is 0 Å². The molecule has 0 aliphatic carbocycles. The highest BCUT2D eigenvalue weighted by molar-refractivity contribution is 8.77. The fraction of sp³-hybridized carbons (Fsp3) is 0.579. The Kier molecular flexibility index (Phi) is 26.5. The summed E-state index contributed by atoms with van der Waals surface area (Å²) in [6, 6.07) is -3.01. The molecule has 288 valence electrons. The molecular formula is C38H62N4O7S2. The molecule has 0 bridgehead atoms. The number of hydrogen-bond acceptors (Lipinski definition) is 9. The standard InChI is InChI=1S/C38H62N4O7S2/c1-7-8-9-10-11-12-13-14-15-16-17-18-19-20-21-22-23-24-25-26-32(45)41-31(34(39)46)29-50-51-38(5,6)33(35(47)40-30(27-43)28-44)42-36(48)49-37(2,3)4/h8-9,11-12,14-15,17-18,20-21,23-24,30-31,33,43-44H,7,10,13,16,19,22,25-29H2,1-6H3,(H2,39,46)(H,40,47)(H,41,45)(H,42,48)/b9-8-,12-11-,15-14-,18-17-,21-20-,24-23-/t31-,33+/m0/s1. The number of aliphatic hydroxyl groups excluding tert-OH is 2. The van der Waals surface area contributed by atoms with Crippen LogP contribution in [0.15, 0.2) is 72.9 Å². The summed E-state index contributed by atoms with van der Waals surface area (Å²) in [7, 11) is 2.41. The minimum absolute atomic E-state index is 0.117. The van der Waals surface area contributed by atoms with Crippen molar-refractivity contribution in [3.05, 3.63) is 72.9 Å². The van der Waals surface area contributed by atoms with Crippen molar-refractivity contribution < 1.29 is 34.1 Å². The van der Waals surface area contributed by atoms with Crippen molar-refractivity contribution in [3.8, 4) is 0 Å². The van der Waals surface area contributed by atoms with E-state index < -0.39 is 59.6 Å². The fourth-order valence-corrected chi connectivity index (χ4v) is 6.86. The summed E-state index contributed by atoms with van der Waals surface area (Å²) in [4.78, 5) is 50.3. The predicted molar refractivity (Wildman–Crippen MR) is 212 cm³/mol. The van der Waals surface area contributed by atoms with Crippen LogP contribution < -0.4 is 21.7 Å². The second kappa shape index (κ2) is 28.3. The smallest absolute Gasteiger partial charge is 0.408 e.